The summed E-state index contributed by atoms with van der Waals surface area (Å²) in [4.78, 5) is 14.4. The van der Waals surface area contributed by atoms with Gasteiger partial charge in [-0.05, 0) is 38.5 Å². The fourth-order valence-corrected chi connectivity index (χ4v) is 4.33. The molecule has 4 heteroatoms. The van der Waals surface area contributed by atoms with E-state index in [0.717, 1.165) is 51.4 Å². The summed E-state index contributed by atoms with van der Waals surface area (Å²) in [6.07, 6.45) is 9.82. The summed E-state index contributed by atoms with van der Waals surface area (Å²) < 4.78 is 0. The number of carbonyl (C=O) groups excluding carboxylic acids is 1. The lowest BCUT2D eigenvalue weighted by molar-refractivity contribution is -0.286. The second-order valence-corrected chi connectivity index (χ2v) is 6.29. The molecule has 0 aromatic carbocycles. The van der Waals surface area contributed by atoms with Crippen LogP contribution in [-0.2, 0) is 10.0 Å². The van der Waals surface area contributed by atoms with E-state index in [-0.39, 0.29) is 5.91 Å². The summed E-state index contributed by atoms with van der Waals surface area (Å²) >= 11 is 0. The highest BCUT2D eigenvalue weighted by Crippen LogP contribution is 2.50. The minimum atomic E-state index is -0.704. The van der Waals surface area contributed by atoms with Crippen LogP contribution in [0.25, 0.3) is 0 Å². The maximum atomic E-state index is 12.9. The van der Waals surface area contributed by atoms with Crippen molar-refractivity contribution < 1.29 is 10.0 Å². The highest BCUT2D eigenvalue weighted by molar-refractivity contribution is 5.89. The first-order valence-electron chi connectivity index (χ1n) is 7.39. The Morgan fingerprint density at radius 2 is 1.39 bits per heavy atom. The third kappa shape index (κ3) is 1.42. The standard InChI is InChI=1S/C14H23N2O2/c1-15-12(17)13(8-4-2-5-9-13)16(18)14(15)10-6-3-7-11-14/h2-11H2,1H3. The van der Waals surface area contributed by atoms with Crippen molar-refractivity contribution in [1.29, 1.82) is 0 Å². The molecule has 1 radical (unpaired) electrons. The van der Waals surface area contributed by atoms with Gasteiger partial charge in [-0.1, -0.05) is 25.7 Å². The number of hydrogen-bond donors (Lipinski definition) is 0. The highest BCUT2D eigenvalue weighted by atomic mass is 16.5. The van der Waals surface area contributed by atoms with Gasteiger partial charge in [0.2, 0.25) is 5.91 Å². The van der Waals surface area contributed by atoms with Gasteiger partial charge in [0.25, 0.3) is 0 Å². The van der Waals surface area contributed by atoms with Crippen LogP contribution in [0.2, 0.25) is 0 Å². The van der Waals surface area contributed by atoms with Gasteiger partial charge in [0.15, 0.2) is 0 Å². The van der Waals surface area contributed by atoms with Crippen molar-refractivity contribution in [2.45, 2.75) is 75.4 Å². The molecule has 0 N–H and O–H groups in total. The number of likely N-dealkylation sites (N-methyl/N-ethyl adjacent to an activating group) is 1. The number of hydroxylamine groups is 2. The van der Waals surface area contributed by atoms with Gasteiger partial charge >= 0.3 is 0 Å². The predicted octanol–water partition coefficient (Wildman–Crippen LogP) is 2.47. The summed E-state index contributed by atoms with van der Waals surface area (Å²) in [6.45, 7) is 0. The molecule has 2 saturated carbocycles. The van der Waals surface area contributed by atoms with Crippen LogP contribution in [0.4, 0.5) is 0 Å². The van der Waals surface area contributed by atoms with E-state index in [1.165, 1.54) is 17.9 Å². The zero-order chi connectivity index (χ0) is 12.8. The van der Waals surface area contributed by atoms with Crippen LogP contribution in [0.3, 0.4) is 0 Å². The maximum absolute atomic E-state index is 12.9. The topological polar surface area (TPSA) is 43.5 Å². The van der Waals surface area contributed by atoms with Gasteiger partial charge in [-0.25, -0.2) is 0 Å². The predicted molar refractivity (Wildman–Crippen MR) is 66.9 cm³/mol. The summed E-state index contributed by atoms with van der Waals surface area (Å²) in [5, 5.41) is 14.2. The van der Waals surface area contributed by atoms with Gasteiger partial charge in [-0.3, -0.25) is 4.79 Å². The fourth-order valence-electron chi connectivity index (χ4n) is 4.33. The van der Waals surface area contributed by atoms with Crippen LogP contribution in [0.1, 0.15) is 64.2 Å². The van der Waals surface area contributed by atoms with Crippen LogP contribution >= 0.6 is 0 Å². The average molecular weight is 251 g/mol. The Balaban J connectivity index is 1.96. The maximum Gasteiger partial charge on any atom is 0.246 e. The molecule has 18 heavy (non-hydrogen) atoms. The molecule has 0 aromatic rings. The number of nitrogens with zero attached hydrogens (tertiary/aromatic N) is 2. The first-order chi connectivity index (χ1) is 8.63. The largest absolute Gasteiger partial charge is 0.323 e. The molecule has 2 spiro atoms. The van der Waals surface area contributed by atoms with Crippen molar-refractivity contribution >= 4 is 5.91 Å². The van der Waals surface area contributed by atoms with E-state index < -0.39 is 11.2 Å². The molecule has 1 saturated heterocycles. The van der Waals surface area contributed by atoms with Gasteiger partial charge < -0.3 is 4.90 Å². The Morgan fingerprint density at radius 3 is 1.94 bits per heavy atom. The van der Waals surface area contributed by atoms with E-state index in [0.29, 0.717) is 0 Å². The Morgan fingerprint density at radius 1 is 0.889 bits per heavy atom. The molecule has 0 bridgehead atoms. The number of hydrogen-bond acceptors (Lipinski definition) is 2. The van der Waals surface area contributed by atoms with Crippen molar-refractivity contribution in [3.05, 3.63) is 0 Å². The monoisotopic (exact) mass is 251 g/mol. The Hall–Kier alpha value is -0.610. The minimum absolute atomic E-state index is 0.0964. The normalized spacial score (nSPS) is 31.4. The quantitative estimate of drug-likeness (QED) is 0.664. The molecule has 101 valence electrons. The van der Waals surface area contributed by atoms with Crippen LogP contribution in [-0.4, -0.2) is 34.1 Å². The van der Waals surface area contributed by atoms with Gasteiger partial charge in [-0.2, -0.15) is 0 Å². The SMILES string of the molecule is CN1C(=O)C2(CCCCC2)N([O])C12CCCCC2. The molecular weight excluding hydrogens is 228 g/mol. The molecular formula is C14H23N2O2. The molecule has 0 unspecified atom stereocenters. The summed E-state index contributed by atoms with van der Waals surface area (Å²) in [5.74, 6) is 0.0964. The molecule has 2 aliphatic carbocycles. The van der Waals surface area contributed by atoms with E-state index in [9.17, 15) is 10.0 Å². The molecule has 4 nitrogen and oxygen atoms in total. The lowest BCUT2D eigenvalue weighted by atomic mass is 9.80. The summed E-state index contributed by atoms with van der Waals surface area (Å²) in [6, 6.07) is 0. The molecule has 1 amide bonds. The van der Waals surface area contributed by atoms with Crippen LogP contribution in [0.15, 0.2) is 0 Å². The van der Waals surface area contributed by atoms with E-state index in [4.69, 9.17) is 0 Å². The van der Waals surface area contributed by atoms with Crippen molar-refractivity contribution in [2.75, 3.05) is 7.05 Å². The molecule has 3 aliphatic rings. The first-order valence-corrected chi connectivity index (χ1v) is 7.39. The van der Waals surface area contributed by atoms with Crippen LogP contribution < -0.4 is 0 Å². The average Bonchev–Trinajstić information content (AvgIpc) is 2.57. The number of rotatable bonds is 0. The first kappa shape index (κ1) is 12.4. The lowest BCUT2D eigenvalue weighted by Crippen LogP contribution is -2.56. The van der Waals surface area contributed by atoms with Crippen LogP contribution in [0, 0.1) is 0 Å². The van der Waals surface area contributed by atoms with Gasteiger partial charge in [0.05, 0.1) is 0 Å². The Kier molecular flexibility index (Phi) is 2.90. The Bertz CT molecular complexity index is 344. The van der Waals surface area contributed by atoms with Crippen molar-refractivity contribution in [3.63, 3.8) is 0 Å². The molecule has 3 rings (SSSR count). The molecule has 0 aromatic heterocycles. The zero-order valence-electron chi connectivity index (χ0n) is 11.3. The minimum Gasteiger partial charge on any atom is -0.323 e. The Labute approximate surface area is 109 Å². The highest BCUT2D eigenvalue weighted by Gasteiger charge is 2.64. The lowest BCUT2D eigenvalue weighted by Gasteiger charge is -2.43. The molecule has 1 heterocycles. The number of amides is 1. The second kappa shape index (κ2) is 4.20. The fraction of sp³-hybridized carbons (Fsp3) is 0.929. The smallest absolute Gasteiger partial charge is 0.246 e. The molecule has 1 aliphatic heterocycles. The van der Waals surface area contributed by atoms with Gasteiger partial charge in [0, 0.05) is 7.05 Å². The van der Waals surface area contributed by atoms with Crippen LogP contribution in [0.5, 0.6) is 0 Å². The van der Waals surface area contributed by atoms with E-state index in [1.807, 2.05) is 7.05 Å². The van der Waals surface area contributed by atoms with E-state index in [2.05, 4.69) is 0 Å². The summed E-state index contributed by atoms with van der Waals surface area (Å²) in [7, 11) is 1.85. The third-order valence-corrected chi connectivity index (χ3v) is 5.43. The second-order valence-electron chi connectivity index (χ2n) is 6.29. The van der Waals surface area contributed by atoms with E-state index >= 15 is 0 Å². The van der Waals surface area contributed by atoms with E-state index in [1.54, 1.807) is 4.90 Å². The molecule has 3 fully saturated rings. The van der Waals surface area contributed by atoms with Crippen molar-refractivity contribution in [1.82, 2.24) is 9.96 Å². The van der Waals surface area contributed by atoms with Gasteiger partial charge in [0.1, 0.15) is 11.2 Å². The summed E-state index contributed by atoms with van der Waals surface area (Å²) in [5.41, 5.74) is -1.21. The van der Waals surface area contributed by atoms with Gasteiger partial charge in [-0.15, -0.1) is 10.3 Å². The van der Waals surface area contributed by atoms with Crippen molar-refractivity contribution in [3.8, 4) is 0 Å². The van der Waals surface area contributed by atoms with Crippen molar-refractivity contribution in [2.24, 2.45) is 0 Å². The molecule has 0 atom stereocenters. The number of carbonyl (C=O) groups is 1. The zero-order valence-corrected chi connectivity index (χ0v) is 11.3. The third-order valence-electron chi connectivity index (χ3n) is 5.43.